The number of hydrogen-bond donors (Lipinski definition) is 1. The molecule has 1 aliphatic rings. The predicted octanol–water partition coefficient (Wildman–Crippen LogP) is 3.20. The zero-order valence-corrected chi connectivity index (χ0v) is 20.6. The number of aromatic nitrogens is 1. The van der Waals surface area contributed by atoms with Gasteiger partial charge in [0.15, 0.2) is 5.78 Å². The second kappa shape index (κ2) is 9.65. The Morgan fingerprint density at radius 2 is 1.90 bits per heavy atom. The fraction of sp³-hybridized carbons (Fsp3) is 0.542. The van der Waals surface area contributed by atoms with E-state index < -0.39 is 5.41 Å². The Balaban J connectivity index is 1.97. The molecule has 2 atom stereocenters. The zero-order valence-electron chi connectivity index (χ0n) is 19.0. The van der Waals surface area contributed by atoms with Crippen LogP contribution in [0, 0.1) is 18.3 Å². The minimum Gasteiger partial charge on any atom is -0.352 e. The van der Waals surface area contributed by atoms with E-state index >= 15 is 0 Å². The molecule has 3 rings (SSSR count). The summed E-state index contributed by atoms with van der Waals surface area (Å²) >= 11 is 2.88. The number of thiophene rings is 1. The number of aryl methyl sites for hydroxylation is 1. The third-order valence-corrected chi connectivity index (χ3v) is 7.73. The standard InChI is InChI=1S/C24H32N2O3S2/c1-15-8-6-7-9-18(15)25-21(28)14-26-22(13-20(27)24(3,4)5)31-19(23(26)29)12-17-11-10-16(2)30-17/h10-13,15,18H,6-9,14H2,1-5H3,(H,25,28)/b19-12+,22-13-. The van der Waals surface area contributed by atoms with Crippen molar-refractivity contribution in [3.8, 4) is 0 Å². The number of hydrogen-bond acceptors (Lipinski definition) is 5. The number of ketones is 1. The van der Waals surface area contributed by atoms with Gasteiger partial charge in [-0.15, -0.1) is 22.7 Å². The Morgan fingerprint density at radius 3 is 2.52 bits per heavy atom. The molecule has 2 unspecified atom stereocenters. The molecule has 2 heterocycles. The minimum absolute atomic E-state index is 0.0673. The van der Waals surface area contributed by atoms with E-state index in [9.17, 15) is 14.4 Å². The summed E-state index contributed by atoms with van der Waals surface area (Å²) in [5.74, 6) is 0.203. The molecule has 1 saturated carbocycles. The van der Waals surface area contributed by atoms with E-state index in [-0.39, 0.29) is 29.8 Å². The van der Waals surface area contributed by atoms with Gasteiger partial charge in [0.25, 0.3) is 5.56 Å². The Morgan fingerprint density at radius 1 is 1.19 bits per heavy atom. The van der Waals surface area contributed by atoms with Crippen LogP contribution in [0.5, 0.6) is 0 Å². The lowest BCUT2D eigenvalue weighted by molar-refractivity contribution is -0.123. The Bertz CT molecular complexity index is 1130. The Labute approximate surface area is 191 Å². The van der Waals surface area contributed by atoms with Gasteiger partial charge >= 0.3 is 0 Å². The van der Waals surface area contributed by atoms with Crippen molar-refractivity contribution in [2.45, 2.75) is 72.9 Å². The number of thiazole rings is 1. The van der Waals surface area contributed by atoms with Crippen LogP contribution in [0.15, 0.2) is 16.9 Å². The summed E-state index contributed by atoms with van der Waals surface area (Å²) in [6.45, 7) is 9.66. The number of carbonyl (C=O) groups excluding carboxylic acids is 2. The molecule has 7 heteroatoms. The second-order valence-corrected chi connectivity index (χ2v) is 11.9. The average molecular weight is 461 g/mol. The summed E-state index contributed by atoms with van der Waals surface area (Å²) in [5, 5.41) is 3.12. The lowest BCUT2D eigenvalue weighted by atomic mass is 9.86. The van der Waals surface area contributed by atoms with Gasteiger partial charge in [-0.3, -0.25) is 19.0 Å². The number of carbonyl (C=O) groups is 2. The van der Waals surface area contributed by atoms with Crippen LogP contribution < -0.4 is 20.1 Å². The van der Waals surface area contributed by atoms with Gasteiger partial charge in [0, 0.05) is 27.3 Å². The molecule has 168 valence electrons. The van der Waals surface area contributed by atoms with E-state index in [1.807, 2.05) is 45.9 Å². The van der Waals surface area contributed by atoms with Crippen LogP contribution >= 0.6 is 22.7 Å². The van der Waals surface area contributed by atoms with Crippen molar-refractivity contribution in [3.63, 3.8) is 0 Å². The number of rotatable bonds is 5. The molecule has 0 radical (unpaired) electrons. The van der Waals surface area contributed by atoms with E-state index in [1.54, 1.807) is 11.3 Å². The number of Topliss-reactive ketones (excluding diaryl/α,β-unsaturated/α-hetero) is 1. The first-order chi connectivity index (χ1) is 14.5. The summed E-state index contributed by atoms with van der Waals surface area (Å²) in [7, 11) is 0. The van der Waals surface area contributed by atoms with E-state index in [0.29, 0.717) is 15.1 Å². The molecular formula is C24H32N2O3S2. The molecule has 1 fully saturated rings. The molecule has 0 saturated heterocycles. The smallest absolute Gasteiger partial charge is 0.269 e. The maximum atomic E-state index is 13.2. The molecule has 0 aliphatic heterocycles. The number of nitrogens with one attached hydrogen (secondary N) is 1. The van der Waals surface area contributed by atoms with Crippen LogP contribution in [0.2, 0.25) is 0 Å². The maximum Gasteiger partial charge on any atom is 0.269 e. The molecular weight excluding hydrogens is 428 g/mol. The van der Waals surface area contributed by atoms with Gasteiger partial charge in [0.05, 0.1) is 4.53 Å². The highest BCUT2D eigenvalue weighted by Crippen LogP contribution is 2.23. The van der Waals surface area contributed by atoms with Crippen LogP contribution in [0.3, 0.4) is 0 Å². The molecule has 1 amide bonds. The zero-order chi connectivity index (χ0) is 22.8. The summed E-state index contributed by atoms with van der Waals surface area (Å²) in [6.07, 6.45) is 7.77. The van der Waals surface area contributed by atoms with Crippen LogP contribution in [-0.2, 0) is 16.1 Å². The first-order valence-electron chi connectivity index (χ1n) is 10.9. The quantitative estimate of drug-likeness (QED) is 0.745. The molecule has 31 heavy (non-hydrogen) atoms. The molecule has 0 bridgehead atoms. The monoisotopic (exact) mass is 460 g/mol. The number of amides is 1. The molecule has 1 N–H and O–H groups in total. The predicted molar refractivity (Wildman–Crippen MR) is 129 cm³/mol. The minimum atomic E-state index is -0.556. The van der Waals surface area contributed by atoms with Gasteiger partial charge in [0.2, 0.25) is 5.91 Å². The highest BCUT2D eigenvalue weighted by Gasteiger charge is 2.24. The Hall–Kier alpha value is -1.99. The van der Waals surface area contributed by atoms with Crippen molar-refractivity contribution in [2.24, 2.45) is 11.3 Å². The highest BCUT2D eigenvalue weighted by molar-refractivity contribution is 7.13. The summed E-state index contributed by atoms with van der Waals surface area (Å²) in [4.78, 5) is 40.8. The maximum absolute atomic E-state index is 13.2. The van der Waals surface area contributed by atoms with Crippen molar-refractivity contribution < 1.29 is 9.59 Å². The fourth-order valence-corrected chi connectivity index (χ4v) is 5.64. The summed E-state index contributed by atoms with van der Waals surface area (Å²) in [5.41, 5.74) is -0.782. The first kappa shape index (κ1) is 23.7. The van der Waals surface area contributed by atoms with Crippen LogP contribution in [-0.4, -0.2) is 22.3 Å². The van der Waals surface area contributed by atoms with Gasteiger partial charge in [-0.25, -0.2) is 0 Å². The summed E-state index contributed by atoms with van der Waals surface area (Å²) in [6, 6.07) is 4.14. The van der Waals surface area contributed by atoms with Crippen LogP contribution in [0.1, 0.15) is 63.1 Å². The normalized spacial score (nSPS) is 20.8. The lowest BCUT2D eigenvalue weighted by Gasteiger charge is -2.29. The molecule has 0 spiro atoms. The molecule has 0 aromatic carbocycles. The third-order valence-electron chi connectivity index (χ3n) is 5.72. The van der Waals surface area contributed by atoms with E-state index in [0.717, 1.165) is 24.1 Å². The van der Waals surface area contributed by atoms with Crippen molar-refractivity contribution in [1.82, 2.24) is 9.88 Å². The average Bonchev–Trinajstić information content (AvgIpc) is 3.21. The Kier molecular flexibility index (Phi) is 7.37. The first-order valence-corrected chi connectivity index (χ1v) is 12.5. The molecule has 5 nitrogen and oxygen atoms in total. The van der Waals surface area contributed by atoms with Gasteiger partial charge in [0.1, 0.15) is 11.2 Å². The van der Waals surface area contributed by atoms with Crippen LogP contribution in [0.4, 0.5) is 0 Å². The van der Waals surface area contributed by atoms with Crippen molar-refractivity contribution >= 4 is 46.5 Å². The summed E-state index contributed by atoms with van der Waals surface area (Å²) < 4.78 is 2.51. The second-order valence-electron chi connectivity index (χ2n) is 9.48. The van der Waals surface area contributed by atoms with Crippen molar-refractivity contribution in [1.29, 1.82) is 0 Å². The largest absolute Gasteiger partial charge is 0.352 e. The SMILES string of the molecule is Cc1ccc(/C=c2/s/c(=C\C(=O)C(C)(C)C)n(CC(=O)NC3CCCCC3C)c2=O)s1. The molecule has 1 aliphatic carbocycles. The number of nitrogens with zero attached hydrogens (tertiary/aromatic N) is 1. The van der Waals surface area contributed by atoms with Gasteiger partial charge in [-0.2, -0.15) is 0 Å². The van der Waals surface area contributed by atoms with E-state index in [4.69, 9.17) is 0 Å². The molecule has 2 aromatic rings. The lowest BCUT2D eigenvalue weighted by Crippen LogP contribution is -2.45. The van der Waals surface area contributed by atoms with Gasteiger partial charge in [-0.1, -0.05) is 40.5 Å². The van der Waals surface area contributed by atoms with Crippen molar-refractivity contribution in [3.05, 3.63) is 41.4 Å². The highest BCUT2D eigenvalue weighted by atomic mass is 32.1. The van der Waals surface area contributed by atoms with Gasteiger partial charge < -0.3 is 5.32 Å². The van der Waals surface area contributed by atoms with E-state index in [2.05, 4.69) is 12.2 Å². The van der Waals surface area contributed by atoms with Gasteiger partial charge in [-0.05, 0) is 43.9 Å². The van der Waals surface area contributed by atoms with Crippen LogP contribution in [0.25, 0.3) is 12.2 Å². The third kappa shape index (κ3) is 6.04. The van der Waals surface area contributed by atoms with E-state index in [1.165, 1.54) is 33.3 Å². The van der Waals surface area contributed by atoms with Crippen molar-refractivity contribution in [2.75, 3.05) is 0 Å². The topological polar surface area (TPSA) is 68.2 Å². The molecule has 2 aromatic heterocycles. The fourth-order valence-electron chi connectivity index (χ4n) is 3.71.